The van der Waals surface area contributed by atoms with Crippen LogP contribution in [0.1, 0.15) is 15.2 Å². The number of thiophene rings is 1. The molecule has 0 spiro atoms. The minimum atomic E-state index is -1.03. The number of aromatic carboxylic acids is 1. The zero-order valence-electron chi connectivity index (χ0n) is 5.47. The molecule has 1 aromatic rings. The lowest BCUT2D eigenvalue weighted by Crippen LogP contribution is -1.92. The Morgan fingerprint density at radius 1 is 1.58 bits per heavy atom. The van der Waals surface area contributed by atoms with Crippen molar-refractivity contribution in [2.24, 2.45) is 0 Å². The van der Waals surface area contributed by atoms with Crippen molar-refractivity contribution in [1.29, 1.82) is 5.26 Å². The number of hydrogen-bond acceptors (Lipinski definition) is 3. The van der Waals surface area contributed by atoms with Gasteiger partial charge < -0.3 is 5.11 Å². The van der Waals surface area contributed by atoms with E-state index in [9.17, 15) is 4.79 Å². The summed E-state index contributed by atoms with van der Waals surface area (Å²) in [4.78, 5) is 10.7. The van der Waals surface area contributed by atoms with Gasteiger partial charge in [-0.2, -0.15) is 5.26 Å². The van der Waals surface area contributed by atoms with Gasteiger partial charge in [0.2, 0.25) is 0 Å². The minimum absolute atomic E-state index is 0.137. The van der Waals surface area contributed by atoms with Gasteiger partial charge in [0.25, 0.3) is 0 Å². The molecule has 6 heteroatoms. The Balaban J connectivity index is 3.39. The predicted octanol–water partition coefficient (Wildman–Crippen LogP) is 2.84. The van der Waals surface area contributed by atoms with Crippen LogP contribution in [0.4, 0.5) is 0 Å². The Kier molecular flexibility index (Phi) is 2.88. The second-order valence-electron chi connectivity index (χ2n) is 1.81. The van der Waals surface area contributed by atoms with Gasteiger partial charge in [0.05, 0.1) is 13.8 Å². The average Bonchev–Trinajstić information content (AvgIpc) is 2.27. The van der Waals surface area contributed by atoms with Gasteiger partial charge >= 0.3 is 5.97 Å². The molecule has 1 heterocycles. The molecule has 0 bridgehead atoms. The lowest BCUT2D eigenvalue weighted by Gasteiger charge is -1.86. The summed E-state index contributed by atoms with van der Waals surface area (Å²) in [6.07, 6.45) is 0. The summed E-state index contributed by atoms with van der Waals surface area (Å²) in [5, 5.41) is 17.2. The van der Waals surface area contributed by atoms with Crippen molar-refractivity contribution >= 4 is 49.2 Å². The summed E-state index contributed by atoms with van der Waals surface area (Å²) in [5.74, 6) is -1.03. The summed E-state index contributed by atoms with van der Waals surface area (Å²) < 4.78 is 0.878. The van der Waals surface area contributed by atoms with Gasteiger partial charge in [0.15, 0.2) is 0 Å². The average molecular weight is 311 g/mol. The van der Waals surface area contributed by atoms with E-state index in [1.807, 2.05) is 6.07 Å². The number of nitriles is 1. The summed E-state index contributed by atoms with van der Waals surface area (Å²) in [7, 11) is 0. The van der Waals surface area contributed by atoms with Crippen molar-refractivity contribution < 1.29 is 9.90 Å². The SMILES string of the molecule is N#Cc1c(Br)sc(C(=O)O)c1Br. The van der Waals surface area contributed by atoms with Crippen LogP contribution in [0.3, 0.4) is 0 Å². The highest BCUT2D eigenvalue weighted by molar-refractivity contribution is 9.11. The first-order valence-electron chi connectivity index (χ1n) is 2.69. The van der Waals surface area contributed by atoms with Crippen molar-refractivity contribution in [2.45, 2.75) is 0 Å². The summed E-state index contributed by atoms with van der Waals surface area (Å²) in [5.41, 5.74) is 0.331. The number of halogens is 2. The summed E-state index contributed by atoms with van der Waals surface area (Å²) in [6, 6.07) is 1.89. The van der Waals surface area contributed by atoms with E-state index in [1.54, 1.807) is 0 Å². The van der Waals surface area contributed by atoms with Crippen molar-refractivity contribution in [3.63, 3.8) is 0 Å². The van der Waals surface area contributed by atoms with Gasteiger partial charge in [0.1, 0.15) is 10.9 Å². The summed E-state index contributed by atoms with van der Waals surface area (Å²) >= 11 is 7.16. The monoisotopic (exact) mass is 309 g/mol. The molecule has 1 aromatic heterocycles. The second kappa shape index (κ2) is 3.56. The molecule has 1 rings (SSSR count). The van der Waals surface area contributed by atoms with Crippen LogP contribution in [0.5, 0.6) is 0 Å². The van der Waals surface area contributed by atoms with E-state index in [2.05, 4.69) is 31.9 Å². The third kappa shape index (κ3) is 1.53. The highest BCUT2D eigenvalue weighted by atomic mass is 79.9. The first-order chi connectivity index (χ1) is 5.57. The minimum Gasteiger partial charge on any atom is -0.477 e. The first-order valence-corrected chi connectivity index (χ1v) is 5.09. The topological polar surface area (TPSA) is 61.1 Å². The highest BCUT2D eigenvalue weighted by Crippen LogP contribution is 2.36. The third-order valence-corrected chi connectivity index (χ3v) is 4.02. The van der Waals surface area contributed by atoms with Crippen molar-refractivity contribution in [1.82, 2.24) is 0 Å². The first kappa shape index (κ1) is 9.71. The van der Waals surface area contributed by atoms with E-state index in [0.29, 0.717) is 13.8 Å². The second-order valence-corrected chi connectivity index (χ2v) is 4.94. The Morgan fingerprint density at radius 3 is 2.42 bits per heavy atom. The molecule has 12 heavy (non-hydrogen) atoms. The van der Waals surface area contributed by atoms with Gasteiger partial charge in [-0.15, -0.1) is 11.3 Å². The van der Waals surface area contributed by atoms with Crippen LogP contribution in [-0.4, -0.2) is 11.1 Å². The maximum absolute atomic E-state index is 10.6. The van der Waals surface area contributed by atoms with Crippen LogP contribution in [-0.2, 0) is 0 Å². The molecule has 0 saturated carbocycles. The largest absolute Gasteiger partial charge is 0.477 e. The quantitative estimate of drug-likeness (QED) is 0.867. The molecule has 0 aliphatic heterocycles. The molecule has 0 aromatic carbocycles. The van der Waals surface area contributed by atoms with Crippen LogP contribution >= 0.6 is 43.2 Å². The van der Waals surface area contributed by atoms with Crippen LogP contribution in [0.2, 0.25) is 0 Å². The molecule has 1 N–H and O–H groups in total. The number of carboxylic acid groups (broad SMARTS) is 1. The van der Waals surface area contributed by atoms with Gasteiger partial charge in [-0.05, 0) is 31.9 Å². The number of hydrogen-bond donors (Lipinski definition) is 1. The van der Waals surface area contributed by atoms with E-state index < -0.39 is 5.97 Å². The Bertz CT molecular complexity index is 380. The zero-order valence-corrected chi connectivity index (χ0v) is 9.46. The van der Waals surface area contributed by atoms with Gasteiger partial charge in [-0.3, -0.25) is 0 Å². The smallest absolute Gasteiger partial charge is 0.347 e. The van der Waals surface area contributed by atoms with Crippen LogP contribution < -0.4 is 0 Å². The van der Waals surface area contributed by atoms with Crippen molar-refractivity contribution in [3.05, 3.63) is 18.7 Å². The van der Waals surface area contributed by atoms with E-state index >= 15 is 0 Å². The van der Waals surface area contributed by atoms with E-state index in [-0.39, 0.29) is 4.88 Å². The molecule has 0 atom stereocenters. The zero-order chi connectivity index (χ0) is 9.30. The van der Waals surface area contributed by atoms with E-state index in [0.717, 1.165) is 11.3 Å². The number of carboxylic acids is 1. The van der Waals surface area contributed by atoms with Crippen LogP contribution in [0.15, 0.2) is 8.26 Å². The maximum Gasteiger partial charge on any atom is 0.347 e. The van der Waals surface area contributed by atoms with Gasteiger partial charge in [0, 0.05) is 0 Å². The van der Waals surface area contributed by atoms with Crippen LogP contribution in [0, 0.1) is 11.3 Å². The third-order valence-electron chi connectivity index (χ3n) is 1.11. The maximum atomic E-state index is 10.6. The Morgan fingerprint density at radius 2 is 2.17 bits per heavy atom. The van der Waals surface area contributed by atoms with Crippen molar-refractivity contribution in [2.75, 3.05) is 0 Å². The van der Waals surface area contributed by atoms with E-state index in [4.69, 9.17) is 10.4 Å². The molecule has 62 valence electrons. The highest BCUT2D eigenvalue weighted by Gasteiger charge is 2.18. The molecular formula is C6HBr2NO2S. The molecule has 3 nitrogen and oxygen atoms in total. The standard InChI is InChI=1S/C6HBr2NO2S/c7-3-2(1-9)5(8)12-4(3)6(10)11/h(H,10,11). The molecule has 0 unspecified atom stereocenters. The molecule has 0 fully saturated rings. The number of rotatable bonds is 1. The summed E-state index contributed by atoms with van der Waals surface area (Å²) in [6.45, 7) is 0. The molecule has 0 aliphatic carbocycles. The molecule has 0 saturated heterocycles. The Hall–Kier alpha value is -0.380. The van der Waals surface area contributed by atoms with Crippen molar-refractivity contribution in [3.8, 4) is 6.07 Å². The molecule has 0 radical (unpaired) electrons. The molecule has 0 aliphatic rings. The fourth-order valence-corrected chi connectivity index (χ4v) is 3.19. The van der Waals surface area contributed by atoms with Crippen LogP contribution in [0.25, 0.3) is 0 Å². The predicted molar refractivity (Wildman–Crippen MR) is 51.4 cm³/mol. The Labute approximate surface area is 88.9 Å². The fraction of sp³-hybridized carbons (Fsp3) is 0. The molecule has 0 amide bonds. The molecular weight excluding hydrogens is 310 g/mol. The van der Waals surface area contributed by atoms with Gasteiger partial charge in [-0.1, -0.05) is 0 Å². The van der Waals surface area contributed by atoms with E-state index in [1.165, 1.54) is 0 Å². The number of carbonyl (C=O) groups is 1. The fourth-order valence-electron chi connectivity index (χ4n) is 0.616. The number of nitrogens with zero attached hydrogens (tertiary/aromatic N) is 1. The van der Waals surface area contributed by atoms with Gasteiger partial charge in [-0.25, -0.2) is 4.79 Å². The normalized spacial score (nSPS) is 9.42. The lowest BCUT2D eigenvalue weighted by molar-refractivity contribution is 0.0701. The lowest BCUT2D eigenvalue weighted by atomic mass is 10.3.